The molecule has 0 aliphatic rings. The van der Waals surface area contributed by atoms with E-state index in [1.165, 1.54) is 7.11 Å². The van der Waals surface area contributed by atoms with Gasteiger partial charge in [-0.15, -0.1) is 0 Å². The molecular formula is C15H19NO3. The SMILES string of the molecule is COC(C)(C)C(=O)Nc1cc(C)ccc1C#CCO. The van der Waals surface area contributed by atoms with Gasteiger partial charge in [-0.2, -0.15) is 0 Å². The van der Waals surface area contributed by atoms with E-state index >= 15 is 0 Å². The minimum Gasteiger partial charge on any atom is -0.384 e. The van der Waals surface area contributed by atoms with Crippen LogP contribution in [0.4, 0.5) is 5.69 Å². The summed E-state index contributed by atoms with van der Waals surface area (Å²) in [7, 11) is 1.49. The first-order valence-corrected chi connectivity index (χ1v) is 5.97. The van der Waals surface area contributed by atoms with Crippen molar-refractivity contribution in [3.05, 3.63) is 29.3 Å². The lowest BCUT2D eigenvalue weighted by atomic mass is 10.1. The summed E-state index contributed by atoms with van der Waals surface area (Å²) in [4.78, 5) is 12.1. The average Bonchev–Trinajstić information content (AvgIpc) is 2.37. The molecule has 0 atom stereocenters. The molecule has 0 aliphatic carbocycles. The van der Waals surface area contributed by atoms with Gasteiger partial charge in [-0.1, -0.05) is 17.9 Å². The molecule has 19 heavy (non-hydrogen) atoms. The minimum atomic E-state index is -0.911. The molecule has 1 aromatic rings. The van der Waals surface area contributed by atoms with Crippen LogP contribution < -0.4 is 5.32 Å². The summed E-state index contributed by atoms with van der Waals surface area (Å²) in [5, 5.41) is 11.5. The van der Waals surface area contributed by atoms with Crippen LogP contribution in [0, 0.1) is 18.8 Å². The number of carbonyl (C=O) groups is 1. The van der Waals surface area contributed by atoms with Gasteiger partial charge in [0.15, 0.2) is 0 Å². The minimum absolute atomic E-state index is 0.217. The Morgan fingerprint density at radius 1 is 1.47 bits per heavy atom. The van der Waals surface area contributed by atoms with E-state index in [1.807, 2.05) is 25.1 Å². The van der Waals surface area contributed by atoms with E-state index < -0.39 is 5.60 Å². The number of benzene rings is 1. The first-order chi connectivity index (χ1) is 8.90. The van der Waals surface area contributed by atoms with Gasteiger partial charge < -0.3 is 15.2 Å². The van der Waals surface area contributed by atoms with Crippen LogP contribution in [0.15, 0.2) is 18.2 Å². The molecule has 0 heterocycles. The Bertz CT molecular complexity index is 524. The van der Waals surface area contributed by atoms with Crippen molar-refractivity contribution in [2.45, 2.75) is 26.4 Å². The molecule has 0 bridgehead atoms. The number of aryl methyl sites for hydroxylation is 1. The third-order valence-electron chi connectivity index (χ3n) is 2.78. The van der Waals surface area contributed by atoms with Gasteiger partial charge in [-0.05, 0) is 38.5 Å². The predicted octanol–water partition coefficient (Wildman–Crippen LogP) is 1.70. The van der Waals surface area contributed by atoms with Crippen molar-refractivity contribution in [2.75, 3.05) is 19.0 Å². The number of aliphatic hydroxyl groups excluding tert-OH is 1. The summed E-state index contributed by atoms with van der Waals surface area (Å²) >= 11 is 0. The molecule has 0 fully saturated rings. The molecule has 4 heteroatoms. The molecule has 0 radical (unpaired) electrons. The van der Waals surface area contributed by atoms with Gasteiger partial charge in [-0.3, -0.25) is 4.79 Å². The highest BCUT2D eigenvalue weighted by molar-refractivity contribution is 5.97. The molecule has 1 rings (SSSR count). The van der Waals surface area contributed by atoms with Crippen molar-refractivity contribution >= 4 is 11.6 Å². The monoisotopic (exact) mass is 261 g/mol. The molecule has 4 nitrogen and oxygen atoms in total. The molecule has 2 N–H and O–H groups in total. The number of ether oxygens (including phenoxy) is 1. The predicted molar refractivity (Wildman–Crippen MR) is 74.9 cm³/mol. The molecular weight excluding hydrogens is 242 g/mol. The third kappa shape index (κ3) is 4.09. The molecule has 0 saturated heterocycles. The van der Waals surface area contributed by atoms with Crippen molar-refractivity contribution < 1.29 is 14.6 Å². The Morgan fingerprint density at radius 3 is 2.74 bits per heavy atom. The van der Waals surface area contributed by atoms with Gasteiger partial charge >= 0.3 is 0 Å². The zero-order valence-corrected chi connectivity index (χ0v) is 11.7. The molecule has 1 aromatic carbocycles. The number of carbonyl (C=O) groups excluding carboxylic acids is 1. The van der Waals surface area contributed by atoms with E-state index in [0.29, 0.717) is 11.3 Å². The fraction of sp³-hybridized carbons (Fsp3) is 0.400. The Hall–Kier alpha value is -1.83. The molecule has 0 spiro atoms. The molecule has 0 unspecified atom stereocenters. The lowest BCUT2D eigenvalue weighted by molar-refractivity contribution is -0.133. The van der Waals surface area contributed by atoms with Crippen LogP contribution in [-0.2, 0) is 9.53 Å². The number of aliphatic hydroxyl groups is 1. The van der Waals surface area contributed by atoms with Crippen molar-refractivity contribution in [3.63, 3.8) is 0 Å². The van der Waals surface area contributed by atoms with E-state index in [9.17, 15) is 4.79 Å². The smallest absolute Gasteiger partial charge is 0.256 e. The highest BCUT2D eigenvalue weighted by Crippen LogP contribution is 2.19. The standard InChI is InChI=1S/C15H19NO3/c1-11-7-8-12(6-5-9-17)13(10-11)16-14(18)15(2,3)19-4/h7-8,10,17H,9H2,1-4H3,(H,16,18). The molecule has 102 valence electrons. The molecule has 1 amide bonds. The molecule has 0 saturated carbocycles. The van der Waals surface area contributed by atoms with E-state index in [4.69, 9.17) is 9.84 Å². The normalized spacial score (nSPS) is 10.6. The maximum atomic E-state index is 12.1. The maximum absolute atomic E-state index is 12.1. The van der Waals surface area contributed by atoms with Crippen LogP contribution in [0.2, 0.25) is 0 Å². The first kappa shape index (κ1) is 15.2. The Balaban J connectivity index is 3.06. The maximum Gasteiger partial charge on any atom is 0.256 e. The highest BCUT2D eigenvalue weighted by Gasteiger charge is 2.27. The zero-order valence-electron chi connectivity index (χ0n) is 11.7. The second kappa shape index (κ2) is 6.37. The number of amides is 1. The van der Waals surface area contributed by atoms with Crippen LogP contribution in [0.5, 0.6) is 0 Å². The largest absolute Gasteiger partial charge is 0.384 e. The van der Waals surface area contributed by atoms with Gasteiger partial charge in [0.2, 0.25) is 0 Å². The number of hydrogen-bond donors (Lipinski definition) is 2. The van der Waals surface area contributed by atoms with E-state index in [1.54, 1.807) is 13.8 Å². The summed E-state index contributed by atoms with van der Waals surface area (Å²) in [6.07, 6.45) is 0. The van der Waals surface area contributed by atoms with Crippen LogP contribution in [0.1, 0.15) is 25.0 Å². The van der Waals surface area contributed by atoms with Crippen molar-refractivity contribution in [3.8, 4) is 11.8 Å². The first-order valence-electron chi connectivity index (χ1n) is 5.97. The third-order valence-corrected chi connectivity index (χ3v) is 2.78. The van der Waals surface area contributed by atoms with E-state index in [2.05, 4.69) is 17.2 Å². The lowest BCUT2D eigenvalue weighted by Crippen LogP contribution is -2.39. The number of methoxy groups -OCH3 is 1. The topological polar surface area (TPSA) is 58.6 Å². The summed E-state index contributed by atoms with van der Waals surface area (Å²) in [6.45, 7) is 5.10. The van der Waals surface area contributed by atoms with Gasteiger partial charge in [0, 0.05) is 12.7 Å². The fourth-order valence-corrected chi connectivity index (χ4v) is 1.37. The van der Waals surface area contributed by atoms with Crippen molar-refractivity contribution in [1.29, 1.82) is 0 Å². The van der Waals surface area contributed by atoms with Gasteiger partial charge in [-0.25, -0.2) is 0 Å². The molecule has 0 aliphatic heterocycles. The zero-order chi connectivity index (χ0) is 14.5. The van der Waals surface area contributed by atoms with Crippen LogP contribution in [0.25, 0.3) is 0 Å². The summed E-state index contributed by atoms with van der Waals surface area (Å²) in [6, 6.07) is 5.55. The fourth-order valence-electron chi connectivity index (χ4n) is 1.37. The quantitative estimate of drug-likeness (QED) is 0.814. The number of anilines is 1. The van der Waals surface area contributed by atoms with Gasteiger partial charge in [0.05, 0.1) is 5.69 Å². The van der Waals surface area contributed by atoms with Crippen LogP contribution >= 0.6 is 0 Å². The van der Waals surface area contributed by atoms with Crippen LogP contribution in [0.3, 0.4) is 0 Å². The Kier molecular flexibility index (Phi) is 5.11. The van der Waals surface area contributed by atoms with E-state index in [-0.39, 0.29) is 12.5 Å². The van der Waals surface area contributed by atoms with Gasteiger partial charge in [0.25, 0.3) is 5.91 Å². The van der Waals surface area contributed by atoms with E-state index in [0.717, 1.165) is 5.56 Å². The molecule has 0 aromatic heterocycles. The lowest BCUT2D eigenvalue weighted by Gasteiger charge is -2.22. The Labute approximate surface area is 113 Å². The van der Waals surface area contributed by atoms with Crippen molar-refractivity contribution in [2.24, 2.45) is 0 Å². The average molecular weight is 261 g/mol. The summed E-state index contributed by atoms with van der Waals surface area (Å²) in [5.41, 5.74) is 1.39. The second-order valence-electron chi connectivity index (χ2n) is 4.68. The summed E-state index contributed by atoms with van der Waals surface area (Å²) in [5.74, 6) is 5.14. The summed E-state index contributed by atoms with van der Waals surface area (Å²) < 4.78 is 5.13. The number of nitrogens with one attached hydrogen (secondary N) is 1. The number of hydrogen-bond acceptors (Lipinski definition) is 3. The van der Waals surface area contributed by atoms with Gasteiger partial charge in [0.1, 0.15) is 12.2 Å². The Morgan fingerprint density at radius 2 is 2.16 bits per heavy atom. The second-order valence-corrected chi connectivity index (χ2v) is 4.68. The highest BCUT2D eigenvalue weighted by atomic mass is 16.5. The number of rotatable bonds is 3. The van der Waals surface area contributed by atoms with Crippen molar-refractivity contribution in [1.82, 2.24) is 0 Å². The van der Waals surface area contributed by atoms with Crippen LogP contribution in [-0.4, -0.2) is 30.3 Å².